The second kappa shape index (κ2) is 13.4. The summed E-state index contributed by atoms with van der Waals surface area (Å²) in [6.07, 6.45) is -0.848. The standard InChI is InChI=1S/C32H50N4O9/c1-29(2,3)42-26(38)32(10,45-35-27(39)43-30(4,5)6)24-14-12-19-15-20(11-13-23(19)41-24)25(33)34-21-16-22(18-37)36(17-21)28(40)44-31(7,8)9/h11,13,15,21-22,24,37H,12,14,16-18H2,1-10H3,(H2,33,34)(H,35,39)/t21-,22-,24+,32-/m0/s1. The number of carbonyl (C=O) groups is 3. The number of likely N-dealkylation sites (tertiary alicyclic amines) is 1. The molecule has 0 radical (unpaired) electrons. The van der Waals surface area contributed by atoms with Gasteiger partial charge in [0.2, 0.25) is 5.60 Å². The van der Waals surface area contributed by atoms with Crippen molar-refractivity contribution in [3.63, 3.8) is 0 Å². The average Bonchev–Trinajstić information content (AvgIpc) is 3.31. The number of rotatable bonds is 7. The first-order valence-corrected chi connectivity index (χ1v) is 15.3. The van der Waals surface area contributed by atoms with E-state index in [0.717, 1.165) is 5.56 Å². The highest BCUT2D eigenvalue weighted by Gasteiger charge is 2.50. The molecule has 13 nitrogen and oxygen atoms in total. The fraction of sp³-hybridized carbons (Fsp3) is 0.688. The predicted molar refractivity (Wildman–Crippen MR) is 166 cm³/mol. The van der Waals surface area contributed by atoms with Crippen molar-refractivity contribution in [1.29, 1.82) is 5.41 Å². The zero-order valence-electron chi connectivity index (χ0n) is 28.2. The Morgan fingerprint density at radius 3 is 2.18 bits per heavy atom. The van der Waals surface area contributed by atoms with Crippen molar-refractivity contribution in [2.24, 2.45) is 0 Å². The number of hydroxylamine groups is 1. The highest BCUT2D eigenvalue weighted by Crippen LogP contribution is 2.35. The summed E-state index contributed by atoms with van der Waals surface area (Å²) in [5.41, 5.74) is -0.284. The third kappa shape index (κ3) is 9.95. The summed E-state index contributed by atoms with van der Waals surface area (Å²) in [6.45, 7) is 17.3. The number of esters is 1. The number of hydrogen-bond acceptors (Lipinski definition) is 10. The first kappa shape index (κ1) is 35.9. The van der Waals surface area contributed by atoms with Crippen LogP contribution < -0.4 is 15.5 Å². The fourth-order valence-corrected chi connectivity index (χ4v) is 5.02. The van der Waals surface area contributed by atoms with Gasteiger partial charge in [-0.2, -0.15) is 5.48 Å². The Labute approximate surface area is 265 Å². The van der Waals surface area contributed by atoms with Gasteiger partial charge in [-0.3, -0.25) is 5.41 Å². The van der Waals surface area contributed by atoms with Gasteiger partial charge in [0.25, 0.3) is 0 Å². The molecule has 1 aromatic rings. The molecule has 0 aliphatic carbocycles. The molecule has 2 aliphatic heterocycles. The van der Waals surface area contributed by atoms with E-state index in [0.29, 0.717) is 37.1 Å². The Bertz CT molecular complexity index is 1260. The molecule has 0 unspecified atom stereocenters. The Morgan fingerprint density at radius 2 is 1.60 bits per heavy atom. The van der Waals surface area contributed by atoms with Crippen LogP contribution in [0.25, 0.3) is 0 Å². The quantitative estimate of drug-likeness (QED) is 0.112. The lowest BCUT2D eigenvalue weighted by Gasteiger charge is -2.39. The Hall–Kier alpha value is -3.58. The lowest BCUT2D eigenvalue weighted by Crippen LogP contribution is -2.58. The maximum absolute atomic E-state index is 13.4. The Balaban J connectivity index is 1.72. The molecule has 1 aromatic carbocycles. The van der Waals surface area contributed by atoms with Gasteiger partial charge in [0.1, 0.15) is 34.5 Å². The zero-order valence-corrected chi connectivity index (χ0v) is 28.2. The van der Waals surface area contributed by atoms with E-state index in [1.165, 1.54) is 11.8 Å². The minimum Gasteiger partial charge on any atom is -0.486 e. The van der Waals surface area contributed by atoms with E-state index >= 15 is 0 Å². The zero-order chi connectivity index (χ0) is 34.0. The number of amidine groups is 1. The third-order valence-corrected chi connectivity index (χ3v) is 7.06. The number of amides is 2. The predicted octanol–water partition coefficient (Wildman–Crippen LogP) is 4.22. The molecule has 45 heavy (non-hydrogen) atoms. The SMILES string of the molecule is CC(C)(C)OC(=O)NO[C@](C)(C(=O)OC(C)(C)C)[C@H]1CCc2cc(C(=N)N[C@H]3C[C@@H](CO)N(C(=O)OC(C)(C)C)C3)ccc2O1. The van der Waals surface area contributed by atoms with Crippen molar-refractivity contribution < 1.29 is 43.3 Å². The average molecular weight is 635 g/mol. The summed E-state index contributed by atoms with van der Waals surface area (Å²) in [7, 11) is 0. The van der Waals surface area contributed by atoms with Crippen molar-refractivity contribution in [1.82, 2.24) is 15.7 Å². The lowest BCUT2D eigenvalue weighted by molar-refractivity contribution is -0.205. The van der Waals surface area contributed by atoms with Gasteiger partial charge < -0.3 is 34.3 Å². The number of hydrogen-bond donors (Lipinski definition) is 4. The van der Waals surface area contributed by atoms with E-state index in [2.05, 4.69) is 10.8 Å². The number of aliphatic hydroxyl groups is 1. The fourth-order valence-electron chi connectivity index (χ4n) is 5.02. The number of nitrogens with one attached hydrogen (secondary N) is 3. The molecular weight excluding hydrogens is 584 g/mol. The highest BCUT2D eigenvalue weighted by atomic mass is 16.7. The first-order chi connectivity index (χ1) is 20.6. The van der Waals surface area contributed by atoms with Crippen LogP contribution in [-0.2, 0) is 30.3 Å². The molecule has 0 saturated carbocycles. The summed E-state index contributed by atoms with van der Waals surface area (Å²) in [4.78, 5) is 45.6. The third-order valence-electron chi connectivity index (χ3n) is 7.06. The molecule has 0 aromatic heterocycles. The smallest absolute Gasteiger partial charge is 0.431 e. The molecule has 2 heterocycles. The number of aliphatic hydroxyl groups excluding tert-OH is 1. The van der Waals surface area contributed by atoms with E-state index < -0.39 is 52.7 Å². The monoisotopic (exact) mass is 634 g/mol. The van der Waals surface area contributed by atoms with Gasteiger partial charge in [-0.05, 0) is 112 Å². The number of nitrogens with zero attached hydrogens (tertiary/aromatic N) is 1. The van der Waals surface area contributed by atoms with Crippen molar-refractivity contribution in [3.05, 3.63) is 29.3 Å². The molecule has 1 saturated heterocycles. The van der Waals surface area contributed by atoms with Gasteiger partial charge in [-0.25, -0.2) is 19.2 Å². The van der Waals surface area contributed by atoms with E-state index in [-0.39, 0.29) is 18.5 Å². The topological polar surface area (TPSA) is 169 Å². The maximum Gasteiger partial charge on any atom is 0.431 e. The van der Waals surface area contributed by atoms with Crippen molar-refractivity contribution in [2.75, 3.05) is 13.2 Å². The van der Waals surface area contributed by atoms with Crippen molar-refractivity contribution in [3.8, 4) is 5.75 Å². The van der Waals surface area contributed by atoms with Gasteiger partial charge in [0, 0.05) is 18.2 Å². The molecule has 1 fully saturated rings. The highest BCUT2D eigenvalue weighted by molar-refractivity contribution is 5.97. The summed E-state index contributed by atoms with van der Waals surface area (Å²) in [5.74, 6) is -0.0350. The summed E-state index contributed by atoms with van der Waals surface area (Å²) < 4.78 is 22.6. The number of aryl methyl sites for hydroxylation is 1. The van der Waals surface area contributed by atoms with Crippen LogP contribution in [0.1, 0.15) is 93.2 Å². The van der Waals surface area contributed by atoms with Crippen LogP contribution in [0, 0.1) is 5.41 Å². The number of benzene rings is 1. The molecule has 0 spiro atoms. The van der Waals surface area contributed by atoms with Gasteiger partial charge in [-0.15, -0.1) is 0 Å². The minimum atomic E-state index is -1.71. The van der Waals surface area contributed by atoms with Crippen molar-refractivity contribution in [2.45, 2.75) is 129 Å². The molecule has 252 valence electrons. The number of fused-ring (bicyclic) bond motifs is 1. The maximum atomic E-state index is 13.4. The summed E-state index contributed by atoms with van der Waals surface area (Å²) >= 11 is 0. The van der Waals surface area contributed by atoms with E-state index in [1.54, 1.807) is 74.4 Å². The van der Waals surface area contributed by atoms with Crippen LogP contribution in [0.3, 0.4) is 0 Å². The van der Waals surface area contributed by atoms with Crippen LogP contribution in [0.4, 0.5) is 9.59 Å². The van der Waals surface area contributed by atoms with Crippen LogP contribution in [0.5, 0.6) is 5.75 Å². The van der Waals surface area contributed by atoms with Gasteiger partial charge in [0.05, 0.1) is 12.6 Å². The Kier molecular flexibility index (Phi) is 10.7. The van der Waals surface area contributed by atoms with E-state index in [1.807, 2.05) is 6.07 Å². The molecule has 13 heteroatoms. The van der Waals surface area contributed by atoms with Gasteiger partial charge in [-0.1, -0.05) is 0 Å². The summed E-state index contributed by atoms with van der Waals surface area (Å²) in [6, 6.07) is 4.64. The van der Waals surface area contributed by atoms with E-state index in [9.17, 15) is 19.5 Å². The van der Waals surface area contributed by atoms with Gasteiger partial charge in [0.15, 0.2) is 0 Å². The summed E-state index contributed by atoms with van der Waals surface area (Å²) in [5, 5.41) is 21.7. The first-order valence-electron chi connectivity index (χ1n) is 15.3. The van der Waals surface area contributed by atoms with Crippen molar-refractivity contribution >= 4 is 24.0 Å². The number of carbonyl (C=O) groups excluding carboxylic acids is 3. The molecule has 2 aliphatic rings. The molecule has 3 rings (SSSR count). The lowest BCUT2D eigenvalue weighted by atomic mass is 9.90. The molecule has 0 bridgehead atoms. The van der Waals surface area contributed by atoms with E-state index in [4.69, 9.17) is 29.2 Å². The largest absolute Gasteiger partial charge is 0.486 e. The minimum absolute atomic E-state index is 0.163. The Morgan fingerprint density at radius 1 is 0.978 bits per heavy atom. The molecule has 4 N–H and O–H groups in total. The van der Waals surface area contributed by atoms with Crippen LogP contribution >= 0.6 is 0 Å². The normalized spacial score (nSPS) is 21.5. The molecular formula is C32H50N4O9. The van der Waals surface area contributed by atoms with Crippen LogP contribution in [0.2, 0.25) is 0 Å². The molecule has 2 amide bonds. The second-order valence-corrected chi connectivity index (χ2v) is 14.7. The van der Waals surface area contributed by atoms with Gasteiger partial charge >= 0.3 is 18.2 Å². The van der Waals surface area contributed by atoms with Crippen LogP contribution in [-0.4, -0.2) is 87.7 Å². The number of ether oxygens (including phenoxy) is 4. The molecule has 4 atom stereocenters. The van der Waals surface area contributed by atoms with Crippen LogP contribution in [0.15, 0.2) is 18.2 Å². The second-order valence-electron chi connectivity index (χ2n) is 14.7.